The predicted molar refractivity (Wildman–Crippen MR) is 95.2 cm³/mol. The summed E-state index contributed by atoms with van der Waals surface area (Å²) in [7, 11) is 2.34. The molecule has 0 amide bonds. The van der Waals surface area contributed by atoms with Crippen molar-refractivity contribution in [3.8, 4) is 5.75 Å². The van der Waals surface area contributed by atoms with Gasteiger partial charge in [-0.15, -0.1) is 0 Å². The minimum absolute atomic E-state index is 0.107. The third-order valence-corrected chi connectivity index (χ3v) is 4.72. The summed E-state index contributed by atoms with van der Waals surface area (Å²) in [4.78, 5) is 11.2. The summed E-state index contributed by atoms with van der Waals surface area (Å²) < 4.78 is 13.0. The molecule has 7 heteroatoms. The van der Waals surface area contributed by atoms with E-state index in [1.807, 2.05) is 12.1 Å². The number of carbonyl (C=O) groups excluding carboxylic acids is 1. The van der Waals surface area contributed by atoms with Crippen LogP contribution < -0.4 is 4.74 Å². The van der Waals surface area contributed by atoms with Gasteiger partial charge in [0.15, 0.2) is 6.61 Å². The second kappa shape index (κ2) is 9.03. The first-order valence-electron chi connectivity index (χ1n) is 8.00. The molecule has 1 aromatic heterocycles. The smallest absolute Gasteiger partial charge is 0.343 e. The van der Waals surface area contributed by atoms with Crippen LogP contribution in [-0.4, -0.2) is 41.7 Å². The molecule has 1 N–H and O–H groups in total. The summed E-state index contributed by atoms with van der Waals surface area (Å²) in [6.07, 6.45) is 8.37. The molecule has 1 saturated carbocycles. The van der Waals surface area contributed by atoms with Crippen molar-refractivity contribution in [3.63, 3.8) is 0 Å². The third kappa shape index (κ3) is 4.48. The molecule has 0 spiro atoms. The van der Waals surface area contributed by atoms with Crippen molar-refractivity contribution in [2.75, 3.05) is 20.8 Å². The summed E-state index contributed by atoms with van der Waals surface area (Å²) in [6.45, 7) is -0.107. The Hall–Kier alpha value is -1.60. The Kier molecular flexibility index (Phi) is 7.05. The molecule has 0 aliphatic heterocycles. The number of halogens is 1. The average Bonchev–Trinajstić information content (AvgIpc) is 3.04. The van der Waals surface area contributed by atoms with Crippen LogP contribution in [0.2, 0.25) is 0 Å². The highest BCUT2D eigenvalue weighted by Gasteiger charge is 2.17. The van der Waals surface area contributed by atoms with Gasteiger partial charge in [-0.25, -0.2) is 4.79 Å². The molecule has 6 nitrogen and oxygen atoms in total. The summed E-state index contributed by atoms with van der Waals surface area (Å²) in [5.74, 6) is 0.200. The fourth-order valence-electron chi connectivity index (χ4n) is 2.88. The molecule has 0 saturated heterocycles. The number of ether oxygens (including phenoxy) is 2. The van der Waals surface area contributed by atoms with Crippen LogP contribution in [0.25, 0.3) is 10.9 Å². The third-order valence-electron chi connectivity index (χ3n) is 4.10. The summed E-state index contributed by atoms with van der Waals surface area (Å²) in [5.41, 5.74) is 0.883. The van der Waals surface area contributed by atoms with Crippen molar-refractivity contribution in [2.45, 2.75) is 38.1 Å². The number of methoxy groups -OCH3 is 1. The zero-order chi connectivity index (χ0) is 17.5. The first-order chi connectivity index (χ1) is 11.7. The van der Waals surface area contributed by atoms with E-state index in [-0.39, 0.29) is 6.61 Å². The molecule has 132 valence electrons. The van der Waals surface area contributed by atoms with E-state index >= 15 is 0 Å². The van der Waals surface area contributed by atoms with Crippen LogP contribution in [-0.2, 0) is 9.53 Å². The van der Waals surface area contributed by atoms with E-state index in [4.69, 9.17) is 9.84 Å². The van der Waals surface area contributed by atoms with Gasteiger partial charge in [0.2, 0.25) is 0 Å². The monoisotopic (exact) mass is 398 g/mol. The number of carbonyl (C=O) groups is 1. The number of aromatic nitrogens is 2. The van der Waals surface area contributed by atoms with Gasteiger partial charge in [0.25, 0.3) is 0 Å². The van der Waals surface area contributed by atoms with Gasteiger partial charge in [0.05, 0.1) is 23.1 Å². The van der Waals surface area contributed by atoms with Crippen LogP contribution in [0.1, 0.15) is 38.1 Å². The Morgan fingerprint density at radius 1 is 1.33 bits per heavy atom. The van der Waals surface area contributed by atoms with Gasteiger partial charge >= 0.3 is 5.97 Å². The minimum Gasteiger partial charge on any atom is -0.481 e. The number of hydrogen-bond donors (Lipinski definition) is 1. The number of aliphatic hydroxyl groups excluding tert-OH is 1. The maximum atomic E-state index is 11.2. The van der Waals surface area contributed by atoms with Crippen LogP contribution in [0.4, 0.5) is 0 Å². The van der Waals surface area contributed by atoms with E-state index in [2.05, 4.69) is 36.6 Å². The van der Waals surface area contributed by atoms with Crippen molar-refractivity contribution >= 4 is 32.8 Å². The quantitative estimate of drug-likeness (QED) is 0.798. The van der Waals surface area contributed by atoms with E-state index in [0.29, 0.717) is 11.8 Å². The standard InChI is InChI=1S/C16H19BrN2O3.CH4O/c1-21-16(20)10-22-15-8-14-11(7-13(15)17)9-19(18-14)12-5-3-2-4-6-12;1-2/h7-9,12H,2-6,10H2,1H3;2H,1H3. The molecule has 0 bridgehead atoms. The maximum absolute atomic E-state index is 11.2. The second-order valence-corrected chi connectivity index (χ2v) is 6.46. The van der Waals surface area contributed by atoms with E-state index in [9.17, 15) is 4.79 Å². The molecule has 1 aliphatic carbocycles. The molecular weight excluding hydrogens is 376 g/mol. The van der Waals surface area contributed by atoms with Gasteiger partial charge in [0.1, 0.15) is 5.75 Å². The number of benzene rings is 1. The predicted octanol–water partition coefficient (Wildman–Crippen LogP) is 3.46. The minimum atomic E-state index is -0.403. The van der Waals surface area contributed by atoms with Crippen LogP contribution in [0.3, 0.4) is 0 Å². The molecule has 0 atom stereocenters. The molecule has 1 aromatic carbocycles. The van der Waals surface area contributed by atoms with Crippen LogP contribution in [0.15, 0.2) is 22.8 Å². The summed E-state index contributed by atoms with van der Waals surface area (Å²) in [6, 6.07) is 4.34. The number of rotatable bonds is 4. The highest BCUT2D eigenvalue weighted by atomic mass is 79.9. The van der Waals surface area contributed by atoms with Crippen LogP contribution in [0.5, 0.6) is 5.75 Å². The normalized spacial score (nSPS) is 14.8. The lowest BCUT2D eigenvalue weighted by Crippen LogP contribution is -2.13. The molecule has 3 rings (SSSR count). The molecule has 0 radical (unpaired) electrons. The average molecular weight is 399 g/mol. The van der Waals surface area contributed by atoms with Gasteiger partial charge in [-0.3, -0.25) is 4.68 Å². The highest BCUT2D eigenvalue weighted by Crippen LogP contribution is 2.33. The highest BCUT2D eigenvalue weighted by molar-refractivity contribution is 9.10. The molecule has 2 aromatic rings. The SMILES string of the molecule is CO.COC(=O)COc1cc2nn(C3CCCCC3)cc2cc1Br. The van der Waals surface area contributed by atoms with E-state index in [0.717, 1.165) is 22.5 Å². The van der Waals surface area contributed by atoms with Crippen molar-refractivity contribution in [2.24, 2.45) is 0 Å². The van der Waals surface area contributed by atoms with Crippen LogP contribution >= 0.6 is 15.9 Å². The lowest BCUT2D eigenvalue weighted by atomic mass is 9.96. The number of esters is 1. The van der Waals surface area contributed by atoms with Gasteiger partial charge in [0, 0.05) is 24.8 Å². The molecule has 1 heterocycles. The number of fused-ring (bicyclic) bond motifs is 1. The molecular formula is C17H23BrN2O4. The number of hydrogen-bond acceptors (Lipinski definition) is 5. The largest absolute Gasteiger partial charge is 0.481 e. The first kappa shape index (κ1) is 18.7. The number of aliphatic hydroxyl groups is 1. The Labute approximate surface area is 149 Å². The molecule has 1 fully saturated rings. The lowest BCUT2D eigenvalue weighted by Gasteiger charge is -2.21. The van der Waals surface area contributed by atoms with E-state index in [1.54, 1.807) is 0 Å². The summed E-state index contributed by atoms with van der Waals surface area (Å²) >= 11 is 3.48. The number of nitrogens with zero attached hydrogens (tertiary/aromatic N) is 2. The second-order valence-electron chi connectivity index (χ2n) is 5.61. The molecule has 24 heavy (non-hydrogen) atoms. The first-order valence-corrected chi connectivity index (χ1v) is 8.79. The van der Waals surface area contributed by atoms with Crippen molar-refractivity contribution in [1.29, 1.82) is 0 Å². The molecule has 0 unspecified atom stereocenters. The fourth-order valence-corrected chi connectivity index (χ4v) is 3.36. The van der Waals surface area contributed by atoms with Crippen molar-refractivity contribution in [1.82, 2.24) is 9.78 Å². The topological polar surface area (TPSA) is 73.6 Å². The zero-order valence-electron chi connectivity index (χ0n) is 14.0. The van der Waals surface area contributed by atoms with Crippen molar-refractivity contribution in [3.05, 3.63) is 22.8 Å². The van der Waals surface area contributed by atoms with Gasteiger partial charge < -0.3 is 14.6 Å². The van der Waals surface area contributed by atoms with Gasteiger partial charge in [-0.2, -0.15) is 5.10 Å². The lowest BCUT2D eigenvalue weighted by molar-refractivity contribution is -0.142. The van der Waals surface area contributed by atoms with Gasteiger partial charge in [-0.05, 0) is 34.8 Å². The Morgan fingerprint density at radius 2 is 2.04 bits per heavy atom. The Balaban J connectivity index is 0.00000100. The van der Waals surface area contributed by atoms with E-state index in [1.165, 1.54) is 39.2 Å². The Morgan fingerprint density at radius 3 is 2.71 bits per heavy atom. The van der Waals surface area contributed by atoms with Crippen molar-refractivity contribution < 1.29 is 19.4 Å². The Bertz CT molecular complexity index is 681. The van der Waals surface area contributed by atoms with Gasteiger partial charge in [-0.1, -0.05) is 19.3 Å². The maximum Gasteiger partial charge on any atom is 0.343 e. The fraction of sp³-hybridized carbons (Fsp3) is 0.529. The molecule has 1 aliphatic rings. The van der Waals surface area contributed by atoms with Crippen LogP contribution in [0, 0.1) is 0 Å². The zero-order valence-corrected chi connectivity index (χ0v) is 15.6. The summed E-state index contributed by atoms with van der Waals surface area (Å²) in [5, 5.41) is 12.8. The van der Waals surface area contributed by atoms with E-state index < -0.39 is 5.97 Å².